The molecular weight excluding hydrogens is 440 g/mol. The average molecular weight is 460 g/mol. The van der Waals surface area contributed by atoms with E-state index in [0.717, 1.165) is 24.8 Å². The van der Waals surface area contributed by atoms with Gasteiger partial charge in [0, 0.05) is 44.0 Å². The Hall–Kier alpha value is -4.53. The highest BCUT2D eigenvalue weighted by atomic mass is 16.5. The van der Waals surface area contributed by atoms with E-state index in [1.54, 1.807) is 18.3 Å². The number of ether oxygens (including phenoxy) is 2. The molecule has 2 aromatic carbocycles. The molecule has 3 aromatic rings. The minimum Gasteiger partial charge on any atom is -0.478 e. The number of pyridine rings is 1. The van der Waals surface area contributed by atoms with Crippen LogP contribution >= 0.6 is 0 Å². The van der Waals surface area contributed by atoms with Gasteiger partial charge in [-0.05, 0) is 23.8 Å². The van der Waals surface area contributed by atoms with Crippen molar-refractivity contribution in [2.24, 2.45) is 0 Å². The average Bonchev–Trinajstić information content (AvgIpc) is 2.76. The van der Waals surface area contributed by atoms with Crippen molar-refractivity contribution < 1.29 is 33.8 Å². The van der Waals surface area contributed by atoms with Crippen LogP contribution in [-0.4, -0.2) is 38.7 Å². The predicted molar refractivity (Wildman–Crippen MR) is 120 cm³/mol. The standard InChI is InChI=1S/C25H20N2O7/c1-13(28)27(14(2)29)24-23(25(31)32)22(17-10-16-6-4-5-7-20(16)26-12-17)19-9-8-18(33-15(3)30)11-21(19)34-24/h4-12,22H,1-3H3,(H,31,32). The van der Waals surface area contributed by atoms with Crippen molar-refractivity contribution in [2.75, 3.05) is 0 Å². The summed E-state index contributed by atoms with van der Waals surface area (Å²) in [5, 5.41) is 11.0. The molecule has 0 spiro atoms. The van der Waals surface area contributed by atoms with Gasteiger partial charge in [-0.1, -0.05) is 24.3 Å². The van der Waals surface area contributed by atoms with Gasteiger partial charge in [-0.2, -0.15) is 0 Å². The highest BCUT2D eigenvalue weighted by Gasteiger charge is 2.40. The third kappa shape index (κ3) is 4.11. The maximum atomic E-state index is 12.5. The quantitative estimate of drug-likeness (QED) is 0.464. The van der Waals surface area contributed by atoms with E-state index in [1.165, 1.54) is 19.1 Å². The number of carbonyl (C=O) groups is 4. The van der Waals surface area contributed by atoms with Gasteiger partial charge in [-0.15, -0.1) is 0 Å². The minimum absolute atomic E-state index is 0.143. The highest BCUT2D eigenvalue weighted by molar-refractivity contribution is 5.99. The van der Waals surface area contributed by atoms with Gasteiger partial charge in [-0.25, -0.2) is 9.69 Å². The van der Waals surface area contributed by atoms with Crippen LogP contribution in [0, 0.1) is 0 Å². The van der Waals surface area contributed by atoms with Gasteiger partial charge in [0.1, 0.15) is 17.1 Å². The molecule has 0 saturated heterocycles. The third-order valence-electron chi connectivity index (χ3n) is 5.29. The first kappa shape index (κ1) is 22.7. The zero-order valence-corrected chi connectivity index (χ0v) is 18.6. The molecule has 0 bridgehead atoms. The van der Waals surface area contributed by atoms with Gasteiger partial charge in [0.05, 0.1) is 11.4 Å². The van der Waals surface area contributed by atoms with E-state index in [4.69, 9.17) is 9.47 Å². The largest absolute Gasteiger partial charge is 0.478 e. The molecule has 2 heterocycles. The first-order valence-corrected chi connectivity index (χ1v) is 10.3. The second-order valence-corrected chi connectivity index (χ2v) is 7.69. The number of hydrogen-bond acceptors (Lipinski definition) is 7. The smallest absolute Gasteiger partial charge is 0.338 e. The summed E-state index contributed by atoms with van der Waals surface area (Å²) in [7, 11) is 0. The summed E-state index contributed by atoms with van der Waals surface area (Å²) in [4.78, 5) is 53.7. The molecule has 0 aliphatic carbocycles. The number of carbonyl (C=O) groups excluding carboxylic acids is 3. The van der Waals surface area contributed by atoms with Crippen molar-refractivity contribution in [1.82, 2.24) is 9.88 Å². The summed E-state index contributed by atoms with van der Waals surface area (Å²) in [6.45, 7) is 3.51. The Bertz CT molecular complexity index is 1380. The van der Waals surface area contributed by atoms with Crippen LogP contribution in [0.5, 0.6) is 11.5 Å². The van der Waals surface area contributed by atoms with Crippen molar-refractivity contribution in [3.8, 4) is 11.5 Å². The summed E-state index contributed by atoms with van der Waals surface area (Å²) in [6, 6.07) is 13.7. The molecule has 9 heteroatoms. The molecule has 34 heavy (non-hydrogen) atoms. The number of aromatic nitrogens is 1. The van der Waals surface area contributed by atoms with Crippen LogP contribution < -0.4 is 9.47 Å². The molecule has 4 rings (SSSR count). The Kier molecular flexibility index (Phi) is 5.85. The van der Waals surface area contributed by atoms with Gasteiger partial charge in [-0.3, -0.25) is 19.4 Å². The Morgan fingerprint density at radius 2 is 1.71 bits per heavy atom. The van der Waals surface area contributed by atoms with Crippen LogP contribution in [0.25, 0.3) is 10.9 Å². The van der Waals surface area contributed by atoms with Crippen molar-refractivity contribution in [1.29, 1.82) is 0 Å². The number of rotatable bonds is 4. The molecule has 1 atom stereocenters. The topological polar surface area (TPSA) is 123 Å². The van der Waals surface area contributed by atoms with Crippen molar-refractivity contribution >= 4 is 34.7 Å². The molecule has 1 N–H and O–H groups in total. The summed E-state index contributed by atoms with van der Waals surface area (Å²) < 4.78 is 11.0. The maximum Gasteiger partial charge on any atom is 0.338 e. The Balaban J connectivity index is 2.01. The first-order chi connectivity index (χ1) is 16.2. The molecule has 0 fully saturated rings. The van der Waals surface area contributed by atoms with Gasteiger partial charge < -0.3 is 14.6 Å². The number of fused-ring (bicyclic) bond motifs is 2. The van der Waals surface area contributed by atoms with Crippen LogP contribution in [0.4, 0.5) is 0 Å². The van der Waals surface area contributed by atoms with Gasteiger partial charge >= 0.3 is 11.9 Å². The van der Waals surface area contributed by atoms with Crippen LogP contribution in [-0.2, 0) is 19.2 Å². The number of aliphatic carboxylic acids is 1. The van der Waals surface area contributed by atoms with E-state index in [0.29, 0.717) is 16.0 Å². The normalized spacial score (nSPS) is 14.7. The SMILES string of the molecule is CC(=O)Oc1ccc2c(c1)OC(N(C(C)=O)C(C)=O)=C(C(=O)O)C2c1cnc2ccccc2c1. The van der Waals surface area contributed by atoms with E-state index in [2.05, 4.69) is 4.98 Å². The van der Waals surface area contributed by atoms with Crippen molar-refractivity contribution in [2.45, 2.75) is 26.7 Å². The molecule has 172 valence electrons. The molecule has 2 amide bonds. The molecule has 1 aliphatic heterocycles. The van der Waals surface area contributed by atoms with E-state index in [-0.39, 0.29) is 17.1 Å². The lowest BCUT2D eigenvalue weighted by atomic mass is 9.83. The van der Waals surface area contributed by atoms with Crippen LogP contribution in [0.2, 0.25) is 0 Å². The number of nitrogens with zero attached hydrogens (tertiary/aromatic N) is 2. The van der Waals surface area contributed by atoms with Crippen LogP contribution in [0.15, 0.2) is 66.2 Å². The first-order valence-electron chi connectivity index (χ1n) is 10.3. The number of carboxylic acid groups (broad SMARTS) is 1. The lowest BCUT2D eigenvalue weighted by Gasteiger charge is -2.32. The zero-order valence-electron chi connectivity index (χ0n) is 18.6. The fourth-order valence-corrected chi connectivity index (χ4v) is 3.99. The lowest BCUT2D eigenvalue weighted by Crippen LogP contribution is -2.39. The Labute approximate surface area is 194 Å². The van der Waals surface area contributed by atoms with E-state index < -0.39 is 35.6 Å². The van der Waals surface area contributed by atoms with Gasteiger partial charge in [0.15, 0.2) is 0 Å². The molecule has 1 aromatic heterocycles. The second-order valence-electron chi connectivity index (χ2n) is 7.69. The predicted octanol–water partition coefficient (Wildman–Crippen LogP) is 3.38. The molecular formula is C25H20N2O7. The molecule has 0 radical (unpaired) electrons. The second kappa shape index (κ2) is 8.78. The van der Waals surface area contributed by atoms with Crippen LogP contribution in [0.1, 0.15) is 37.8 Å². The number of carboxylic acids is 1. The highest BCUT2D eigenvalue weighted by Crippen LogP contribution is 2.45. The van der Waals surface area contributed by atoms with Crippen molar-refractivity contribution in [3.63, 3.8) is 0 Å². The Morgan fingerprint density at radius 1 is 1.00 bits per heavy atom. The summed E-state index contributed by atoms with van der Waals surface area (Å²) in [5.74, 6) is -4.38. The molecule has 1 aliphatic rings. The van der Waals surface area contributed by atoms with E-state index in [9.17, 15) is 24.3 Å². The van der Waals surface area contributed by atoms with Gasteiger partial charge in [0.2, 0.25) is 17.7 Å². The zero-order chi connectivity index (χ0) is 24.6. The summed E-state index contributed by atoms with van der Waals surface area (Å²) >= 11 is 0. The van der Waals surface area contributed by atoms with Crippen molar-refractivity contribution in [3.05, 3.63) is 77.3 Å². The monoisotopic (exact) mass is 460 g/mol. The fourth-order valence-electron chi connectivity index (χ4n) is 3.99. The number of hydrogen-bond donors (Lipinski definition) is 1. The summed E-state index contributed by atoms with van der Waals surface area (Å²) in [6.07, 6.45) is 1.55. The number of para-hydroxylation sites is 1. The minimum atomic E-state index is -1.37. The van der Waals surface area contributed by atoms with Crippen LogP contribution in [0.3, 0.4) is 0 Å². The number of benzene rings is 2. The number of amides is 2. The van der Waals surface area contributed by atoms with E-state index in [1.807, 2.05) is 24.3 Å². The number of imide groups is 1. The molecule has 1 unspecified atom stereocenters. The third-order valence-corrected chi connectivity index (χ3v) is 5.29. The maximum absolute atomic E-state index is 12.5. The van der Waals surface area contributed by atoms with Gasteiger partial charge in [0.25, 0.3) is 0 Å². The molecule has 9 nitrogen and oxygen atoms in total. The number of esters is 1. The lowest BCUT2D eigenvalue weighted by molar-refractivity contribution is -0.142. The summed E-state index contributed by atoms with van der Waals surface area (Å²) in [5.41, 5.74) is 1.39. The molecule has 0 saturated carbocycles. The Morgan fingerprint density at radius 3 is 2.35 bits per heavy atom. The van der Waals surface area contributed by atoms with E-state index >= 15 is 0 Å². The fraction of sp³-hybridized carbons (Fsp3) is 0.160.